The van der Waals surface area contributed by atoms with E-state index in [-0.39, 0.29) is 17.5 Å². The van der Waals surface area contributed by atoms with E-state index < -0.39 is 0 Å². The molecular weight excluding hydrogens is 554 g/mol. The molecule has 0 saturated heterocycles. The van der Waals surface area contributed by atoms with Gasteiger partial charge in [-0.25, -0.2) is 5.01 Å². The Kier molecular flexibility index (Phi) is 6.59. The summed E-state index contributed by atoms with van der Waals surface area (Å²) in [5, 5.41) is 7.24. The first-order valence-corrected chi connectivity index (χ1v) is 13.3. The number of H-pyrrole nitrogens is 1. The molecule has 1 atom stereocenters. The molecule has 39 heavy (non-hydrogen) atoms. The van der Waals surface area contributed by atoms with Gasteiger partial charge in [-0.3, -0.25) is 9.59 Å². The van der Waals surface area contributed by atoms with Crippen molar-refractivity contribution in [2.75, 3.05) is 7.11 Å². The fourth-order valence-electron chi connectivity index (χ4n) is 5.09. The maximum atomic E-state index is 13.7. The average molecular weight is 578 g/mol. The summed E-state index contributed by atoms with van der Waals surface area (Å²) in [6, 6.07) is 31.9. The van der Waals surface area contributed by atoms with Crippen molar-refractivity contribution in [1.29, 1.82) is 0 Å². The molecule has 7 heteroatoms. The first kappa shape index (κ1) is 24.8. The van der Waals surface area contributed by atoms with E-state index in [2.05, 4.69) is 20.9 Å². The Balaban J connectivity index is 1.56. The van der Waals surface area contributed by atoms with Gasteiger partial charge in [-0.05, 0) is 53.6 Å². The maximum absolute atomic E-state index is 13.7. The standard InChI is InChI=1S/C32H24BrN3O3/c1-39-24-15-12-20(13-16-24)28-19-27(35-36(28)32(38)22-10-6-3-7-11-22)30-29(21-8-4-2-5-9-21)25-18-23(33)14-17-26(25)34-31(30)37/h2-18,28H,19H2,1H3,(H,34,37)/t28-/m0/s1. The molecule has 5 aromatic rings. The van der Waals surface area contributed by atoms with E-state index in [1.165, 1.54) is 5.01 Å². The number of nitrogens with one attached hydrogen (secondary N) is 1. The number of nitrogens with zero attached hydrogens (tertiary/aromatic N) is 2. The van der Waals surface area contributed by atoms with Gasteiger partial charge in [0.2, 0.25) is 0 Å². The lowest BCUT2D eigenvalue weighted by atomic mass is 9.91. The number of fused-ring (bicyclic) bond motifs is 1. The molecule has 0 fully saturated rings. The molecule has 1 aliphatic heterocycles. The Bertz CT molecular complexity index is 1760. The molecule has 192 valence electrons. The minimum atomic E-state index is -0.389. The van der Waals surface area contributed by atoms with Crippen LogP contribution in [0.1, 0.15) is 33.9 Å². The molecule has 4 aromatic carbocycles. The number of hydrogen-bond acceptors (Lipinski definition) is 4. The number of methoxy groups -OCH3 is 1. The number of aromatic nitrogens is 1. The molecule has 1 N–H and O–H groups in total. The number of hydrazone groups is 1. The van der Waals surface area contributed by atoms with Crippen LogP contribution in [0.4, 0.5) is 0 Å². The van der Waals surface area contributed by atoms with E-state index in [4.69, 9.17) is 9.84 Å². The average Bonchev–Trinajstić information content (AvgIpc) is 3.42. The number of hydrogen-bond donors (Lipinski definition) is 1. The Labute approximate surface area is 233 Å². The lowest BCUT2D eigenvalue weighted by molar-refractivity contribution is 0.0711. The highest BCUT2D eigenvalue weighted by molar-refractivity contribution is 9.10. The van der Waals surface area contributed by atoms with Gasteiger partial charge in [0.1, 0.15) is 5.75 Å². The number of ether oxygens (including phenoxy) is 1. The highest BCUT2D eigenvalue weighted by Crippen LogP contribution is 2.38. The number of aromatic amines is 1. The first-order chi connectivity index (χ1) is 19.0. The molecule has 2 heterocycles. The van der Waals surface area contributed by atoms with Gasteiger partial charge in [-0.15, -0.1) is 0 Å². The molecule has 1 amide bonds. The van der Waals surface area contributed by atoms with Crippen molar-refractivity contribution < 1.29 is 9.53 Å². The molecule has 0 bridgehead atoms. The molecule has 0 radical (unpaired) electrons. The normalized spacial score (nSPS) is 14.9. The molecule has 0 spiro atoms. The third kappa shape index (κ3) is 4.66. The van der Waals surface area contributed by atoms with Crippen molar-refractivity contribution in [3.8, 4) is 16.9 Å². The van der Waals surface area contributed by atoms with Crippen molar-refractivity contribution in [1.82, 2.24) is 9.99 Å². The van der Waals surface area contributed by atoms with Crippen LogP contribution in [0.25, 0.3) is 22.0 Å². The number of benzene rings is 4. The van der Waals surface area contributed by atoms with Crippen LogP contribution in [0.3, 0.4) is 0 Å². The largest absolute Gasteiger partial charge is 0.497 e. The van der Waals surface area contributed by atoms with E-state index >= 15 is 0 Å². The first-order valence-electron chi connectivity index (χ1n) is 12.5. The van der Waals surface area contributed by atoms with Gasteiger partial charge in [-0.2, -0.15) is 5.10 Å². The third-order valence-corrected chi connectivity index (χ3v) is 7.46. The van der Waals surface area contributed by atoms with Crippen molar-refractivity contribution in [2.24, 2.45) is 5.10 Å². The minimum Gasteiger partial charge on any atom is -0.497 e. The van der Waals surface area contributed by atoms with E-state index in [0.29, 0.717) is 23.3 Å². The summed E-state index contributed by atoms with van der Waals surface area (Å²) in [7, 11) is 1.62. The van der Waals surface area contributed by atoms with Crippen LogP contribution >= 0.6 is 15.9 Å². The zero-order valence-electron chi connectivity index (χ0n) is 21.1. The molecule has 6 nitrogen and oxygen atoms in total. The van der Waals surface area contributed by atoms with Crippen LogP contribution in [-0.2, 0) is 0 Å². The van der Waals surface area contributed by atoms with Crippen molar-refractivity contribution >= 4 is 38.5 Å². The molecule has 6 rings (SSSR count). The topological polar surface area (TPSA) is 74.8 Å². The Morgan fingerprint density at radius 2 is 1.62 bits per heavy atom. The van der Waals surface area contributed by atoms with Crippen molar-refractivity contribution in [3.05, 3.63) is 135 Å². The maximum Gasteiger partial charge on any atom is 0.274 e. The molecule has 0 aliphatic carbocycles. The fourth-order valence-corrected chi connectivity index (χ4v) is 5.45. The zero-order valence-corrected chi connectivity index (χ0v) is 22.7. The summed E-state index contributed by atoms with van der Waals surface area (Å²) in [6.07, 6.45) is 0.382. The van der Waals surface area contributed by atoms with Gasteiger partial charge < -0.3 is 9.72 Å². The van der Waals surface area contributed by atoms with Gasteiger partial charge in [0.15, 0.2) is 0 Å². The molecule has 1 aliphatic rings. The fraction of sp³-hybridized carbons (Fsp3) is 0.0938. The Hall–Kier alpha value is -4.49. The predicted molar refractivity (Wildman–Crippen MR) is 157 cm³/mol. The molecule has 0 unspecified atom stereocenters. The molecule has 0 saturated carbocycles. The number of carbonyl (C=O) groups is 1. The van der Waals surface area contributed by atoms with Gasteiger partial charge in [0.25, 0.3) is 11.5 Å². The second kappa shape index (κ2) is 10.3. The van der Waals surface area contributed by atoms with Crippen LogP contribution in [-0.4, -0.2) is 28.7 Å². The van der Waals surface area contributed by atoms with Gasteiger partial charge >= 0.3 is 0 Å². The number of amides is 1. The number of rotatable bonds is 5. The quantitative estimate of drug-likeness (QED) is 0.245. The van der Waals surface area contributed by atoms with Crippen LogP contribution in [0.2, 0.25) is 0 Å². The lowest BCUT2D eigenvalue weighted by Crippen LogP contribution is -2.27. The highest BCUT2D eigenvalue weighted by Gasteiger charge is 2.36. The monoisotopic (exact) mass is 577 g/mol. The molecule has 1 aromatic heterocycles. The molecular formula is C32H24BrN3O3. The summed E-state index contributed by atoms with van der Waals surface area (Å²) in [5.41, 5.74) is 4.63. The Morgan fingerprint density at radius 1 is 0.923 bits per heavy atom. The van der Waals surface area contributed by atoms with E-state index in [1.54, 1.807) is 19.2 Å². The van der Waals surface area contributed by atoms with Crippen LogP contribution in [0, 0.1) is 0 Å². The van der Waals surface area contributed by atoms with E-state index in [9.17, 15) is 9.59 Å². The summed E-state index contributed by atoms with van der Waals surface area (Å²) in [6.45, 7) is 0. The number of pyridine rings is 1. The Morgan fingerprint density at radius 3 is 2.31 bits per heavy atom. The van der Waals surface area contributed by atoms with Crippen LogP contribution in [0.15, 0.2) is 117 Å². The summed E-state index contributed by atoms with van der Waals surface area (Å²) < 4.78 is 6.24. The van der Waals surface area contributed by atoms with Gasteiger partial charge in [0.05, 0.1) is 24.4 Å². The summed E-state index contributed by atoms with van der Waals surface area (Å²) in [4.78, 5) is 30.5. The van der Waals surface area contributed by atoms with Crippen LogP contribution < -0.4 is 10.3 Å². The van der Waals surface area contributed by atoms with E-state index in [0.717, 1.165) is 37.8 Å². The van der Waals surface area contributed by atoms with Gasteiger partial charge in [0, 0.05) is 32.9 Å². The second-order valence-electron chi connectivity index (χ2n) is 9.32. The lowest BCUT2D eigenvalue weighted by Gasteiger charge is -2.22. The van der Waals surface area contributed by atoms with Crippen LogP contribution in [0.5, 0.6) is 5.75 Å². The zero-order chi connectivity index (χ0) is 26.9. The van der Waals surface area contributed by atoms with E-state index in [1.807, 2.05) is 91.0 Å². The number of halogens is 1. The smallest absolute Gasteiger partial charge is 0.274 e. The third-order valence-electron chi connectivity index (χ3n) is 6.97. The number of carbonyl (C=O) groups excluding carboxylic acids is 1. The minimum absolute atomic E-state index is 0.229. The van der Waals surface area contributed by atoms with Gasteiger partial charge in [-0.1, -0.05) is 76.6 Å². The SMILES string of the molecule is COc1ccc([C@@H]2CC(c3c(-c4ccccc4)c4cc(Br)ccc4[nH]c3=O)=NN2C(=O)c2ccccc2)cc1. The summed E-state index contributed by atoms with van der Waals surface area (Å²) in [5.74, 6) is 0.495. The van der Waals surface area contributed by atoms with Crippen molar-refractivity contribution in [2.45, 2.75) is 12.5 Å². The second-order valence-corrected chi connectivity index (χ2v) is 10.2. The summed E-state index contributed by atoms with van der Waals surface area (Å²) >= 11 is 3.59. The highest BCUT2D eigenvalue weighted by atomic mass is 79.9. The van der Waals surface area contributed by atoms with Crippen molar-refractivity contribution in [3.63, 3.8) is 0 Å². The predicted octanol–water partition coefficient (Wildman–Crippen LogP) is 6.96.